The van der Waals surface area contributed by atoms with Gasteiger partial charge >= 0.3 is 0 Å². The number of hydrogen-bond donors (Lipinski definition) is 1. The first-order chi connectivity index (χ1) is 14.0. The van der Waals surface area contributed by atoms with Gasteiger partial charge in [0.25, 0.3) is 5.91 Å². The first-order valence-electron chi connectivity index (χ1n) is 9.40. The Morgan fingerprint density at radius 1 is 1.07 bits per heavy atom. The summed E-state index contributed by atoms with van der Waals surface area (Å²) in [5, 5.41) is 11.2. The minimum Gasteiger partial charge on any atom is -0.492 e. The van der Waals surface area contributed by atoms with E-state index in [1.165, 1.54) is 4.90 Å². The predicted molar refractivity (Wildman–Crippen MR) is 107 cm³/mol. The molecule has 0 fully saturated rings. The Labute approximate surface area is 168 Å². The van der Waals surface area contributed by atoms with E-state index in [0.717, 1.165) is 0 Å². The van der Waals surface area contributed by atoms with Crippen molar-refractivity contribution in [3.05, 3.63) is 83.8 Å². The fraction of sp³-hybridized carbons (Fsp3) is 0.217. The van der Waals surface area contributed by atoms with E-state index in [0.29, 0.717) is 22.8 Å². The first kappa shape index (κ1) is 19.0. The number of hydrogen-bond acceptors (Lipinski definition) is 5. The van der Waals surface area contributed by atoms with Crippen LogP contribution in [0.5, 0.6) is 5.75 Å². The molecular weight excluding hydrogens is 370 g/mol. The lowest BCUT2D eigenvalue weighted by Crippen LogP contribution is -2.43. The van der Waals surface area contributed by atoms with Gasteiger partial charge < -0.3 is 19.2 Å². The smallest absolute Gasteiger partial charge is 0.264 e. The normalized spacial score (nSPS) is 18.0. The third-order valence-electron chi connectivity index (χ3n) is 5.00. The van der Waals surface area contributed by atoms with E-state index < -0.39 is 17.3 Å². The van der Waals surface area contributed by atoms with Crippen LogP contribution >= 0.6 is 0 Å². The van der Waals surface area contributed by atoms with Crippen molar-refractivity contribution in [2.24, 2.45) is 0 Å². The van der Waals surface area contributed by atoms with Gasteiger partial charge in [-0.25, -0.2) is 0 Å². The highest BCUT2D eigenvalue weighted by atomic mass is 16.5. The van der Waals surface area contributed by atoms with Crippen molar-refractivity contribution in [2.75, 3.05) is 18.1 Å². The summed E-state index contributed by atoms with van der Waals surface area (Å²) in [6.07, 6.45) is -0.383. The van der Waals surface area contributed by atoms with Gasteiger partial charge in [-0.1, -0.05) is 36.4 Å². The van der Waals surface area contributed by atoms with Gasteiger partial charge in [-0.3, -0.25) is 9.59 Å². The van der Waals surface area contributed by atoms with Crippen LogP contribution in [0.4, 0.5) is 5.69 Å². The molecule has 29 heavy (non-hydrogen) atoms. The molecule has 0 aliphatic carbocycles. The second-order valence-electron chi connectivity index (χ2n) is 7.01. The van der Waals surface area contributed by atoms with Crippen molar-refractivity contribution in [2.45, 2.75) is 18.9 Å². The molecule has 1 aliphatic rings. The number of nitrogens with zero attached hydrogens (tertiary/aromatic N) is 1. The van der Waals surface area contributed by atoms with Crippen LogP contribution in [-0.4, -0.2) is 29.9 Å². The van der Waals surface area contributed by atoms with E-state index in [4.69, 9.17) is 9.15 Å². The Hall–Kier alpha value is -3.38. The lowest BCUT2D eigenvalue weighted by Gasteiger charge is -2.22. The van der Waals surface area contributed by atoms with E-state index >= 15 is 0 Å². The summed E-state index contributed by atoms with van der Waals surface area (Å²) in [4.78, 5) is 27.2. The number of ketones is 1. The van der Waals surface area contributed by atoms with Crippen LogP contribution in [0.2, 0.25) is 0 Å². The summed E-state index contributed by atoms with van der Waals surface area (Å²) in [7, 11) is 0. The number of carbonyl (C=O) groups excluding carboxylic acids is 2. The minimum absolute atomic E-state index is 0.132. The highest BCUT2D eigenvalue weighted by Crippen LogP contribution is 2.42. The monoisotopic (exact) mass is 391 g/mol. The minimum atomic E-state index is -1.93. The average Bonchev–Trinajstić information content (AvgIpc) is 3.25. The van der Waals surface area contributed by atoms with Crippen molar-refractivity contribution in [1.82, 2.24) is 0 Å². The molecule has 1 aliphatic heterocycles. The Bertz CT molecular complexity index is 1040. The van der Waals surface area contributed by atoms with Gasteiger partial charge in [-0.05, 0) is 37.3 Å². The fourth-order valence-corrected chi connectivity index (χ4v) is 3.57. The highest BCUT2D eigenvalue weighted by molar-refractivity contribution is 6.10. The number of rotatable bonds is 7. The van der Waals surface area contributed by atoms with E-state index in [1.54, 1.807) is 43.3 Å². The van der Waals surface area contributed by atoms with Crippen LogP contribution in [0.15, 0.2) is 71.1 Å². The molecule has 0 spiro atoms. The van der Waals surface area contributed by atoms with Crippen molar-refractivity contribution in [3.63, 3.8) is 0 Å². The molecule has 1 aromatic heterocycles. The second-order valence-corrected chi connectivity index (χ2v) is 7.01. The van der Waals surface area contributed by atoms with Crippen LogP contribution in [0.1, 0.15) is 28.3 Å². The Balaban J connectivity index is 1.54. The third kappa shape index (κ3) is 3.54. The van der Waals surface area contributed by atoms with Gasteiger partial charge in [0, 0.05) is 5.56 Å². The maximum absolute atomic E-state index is 13.1. The van der Waals surface area contributed by atoms with E-state index in [-0.39, 0.29) is 25.3 Å². The van der Waals surface area contributed by atoms with E-state index in [2.05, 4.69) is 0 Å². The molecule has 2 aromatic carbocycles. The fourth-order valence-electron chi connectivity index (χ4n) is 3.57. The number of aliphatic hydroxyl groups is 1. The molecule has 6 heteroatoms. The number of Topliss-reactive ketones (excluding diaryl/α,β-unsaturated/α-hetero) is 1. The Kier molecular flexibility index (Phi) is 4.94. The van der Waals surface area contributed by atoms with Crippen molar-refractivity contribution >= 4 is 17.4 Å². The molecular formula is C23H21NO5. The second kappa shape index (κ2) is 7.56. The van der Waals surface area contributed by atoms with E-state index in [9.17, 15) is 14.7 Å². The molecule has 0 bridgehead atoms. The number of para-hydroxylation sites is 2. The number of anilines is 1. The number of carbonyl (C=O) groups is 2. The number of ether oxygens (including phenoxy) is 1. The van der Waals surface area contributed by atoms with Crippen LogP contribution < -0.4 is 9.64 Å². The number of amides is 1. The Morgan fingerprint density at radius 2 is 1.79 bits per heavy atom. The zero-order chi connectivity index (χ0) is 20.4. The quantitative estimate of drug-likeness (QED) is 0.624. The van der Waals surface area contributed by atoms with Crippen LogP contribution in [0.3, 0.4) is 0 Å². The van der Waals surface area contributed by atoms with Gasteiger partial charge in [-0.15, -0.1) is 0 Å². The largest absolute Gasteiger partial charge is 0.492 e. The predicted octanol–water partition coefficient (Wildman–Crippen LogP) is 3.47. The van der Waals surface area contributed by atoms with Crippen LogP contribution in [-0.2, 0) is 10.4 Å². The topological polar surface area (TPSA) is 80.0 Å². The van der Waals surface area contributed by atoms with Gasteiger partial charge in [-0.2, -0.15) is 0 Å². The molecule has 0 saturated carbocycles. The first-order valence-corrected chi connectivity index (χ1v) is 9.40. The van der Waals surface area contributed by atoms with Crippen LogP contribution in [0.25, 0.3) is 0 Å². The van der Waals surface area contributed by atoms with Crippen molar-refractivity contribution < 1.29 is 23.8 Å². The maximum atomic E-state index is 13.1. The SMILES string of the molecule is Cc1ccc(C(=O)C[C@@]2(O)C(=O)N(CCOc3ccccc3)c3ccccc32)o1. The van der Waals surface area contributed by atoms with E-state index in [1.807, 2.05) is 30.3 Å². The maximum Gasteiger partial charge on any atom is 0.264 e. The Morgan fingerprint density at radius 3 is 2.52 bits per heavy atom. The molecule has 1 N–H and O–H groups in total. The molecule has 3 aromatic rings. The summed E-state index contributed by atoms with van der Waals surface area (Å²) in [6, 6.07) is 19.5. The molecule has 0 unspecified atom stereocenters. The van der Waals surface area contributed by atoms with Crippen LogP contribution in [0, 0.1) is 6.92 Å². The number of furan rings is 1. The molecule has 6 nitrogen and oxygen atoms in total. The average molecular weight is 391 g/mol. The van der Waals surface area contributed by atoms with Gasteiger partial charge in [0.1, 0.15) is 18.1 Å². The number of aryl methyl sites for hydroxylation is 1. The molecule has 4 rings (SSSR count). The third-order valence-corrected chi connectivity index (χ3v) is 5.00. The molecule has 148 valence electrons. The molecule has 0 radical (unpaired) electrons. The summed E-state index contributed by atoms with van der Waals surface area (Å²) < 4.78 is 11.1. The lowest BCUT2D eigenvalue weighted by atomic mass is 9.89. The number of benzene rings is 2. The summed E-state index contributed by atoms with van der Waals surface area (Å²) in [5.74, 6) is 0.467. The van der Waals surface area contributed by atoms with Gasteiger partial charge in [0.2, 0.25) is 5.78 Å². The standard InChI is InChI=1S/C23H21NO5/c1-16-11-12-21(29-16)20(25)15-23(27)18-9-5-6-10-19(18)24(22(23)26)13-14-28-17-7-3-2-4-8-17/h2-12,27H,13-15H2,1H3/t23-/m0/s1. The van der Waals surface area contributed by atoms with Crippen molar-refractivity contribution in [1.29, 1.82) is 0 Å². The summed E-state index contributed by atoms with van der Waals surface area (Å²) in [6.45, 7) is 2.24. The summed E-state index contributed by atoms with van der Waals surface area (Å²) in [5.41, 5.74) is -0.928. The molecule has 1 amide bonds. The van der Waals surface area contributed by atoms with Gasteiger partial charge in [0.15, 0.2) is 11.4 Å². The summed E-state index contributed by atoms with van der Waals surface area (Å²) >= 11 is 0. The highest BCUT2D eigenvalue weighted by Gasteiger charge is 2.51. The lowest BCUT2D eigenvalue weighted by molar-refractivity contribution is -0.136. The van der Waals surface area contributed by atoms with Gasteiger partial charge in [0.05, 0.1) is 18.7 Å². The molecule has 2 heterocycles. The zero-order valence-electron chi connectivity index (χ0n) is 16.0. The molecule has 1 atom stereocenters. The molecule has 0 saturated heterocycles. The van der Waals surface area contributed by atoms with Crippen molar-refractivity contribution in [3.8, 4) is 5.75 Å². The zero-order valence-corrected chi connectivity index (χ0v) is 16.0. The number of fused-ring (bicyclic) bond motifs is 1.